The van der Waals surface area contributed by atoms with Crippen molar-refractivity contribution in [3.05, 3.63) is 28.7 Å². The summed E-state index contributed by atoms with van der Waals surface area (Å²) in [7, 11) is -2.33. The smallest absolute Gasteiger partial charge is 0.331 e. The molecule has 0 aliphatic rings. The molecule has 0 aliphatic heterocycles. The third kappa shape index (κ3) is 3.47. The third-order valence-corrected chi connectivity index (χ3v) is 5.79. The molecule has 11 heteroatoms. The van der Waals surface area contributed by atoms with Gasteiger partial charge in [-0.05, 0) is 27.0 Å². The predicted octanol–water partition coefficient (Wildman–Crippen LogP) is 0.925. The van der Waals surface area contributed by atoms with E-state index in [1.807, 2.05) is 0 Å². The van der Waals surface area contributed by atoms with E-state index in [2.05, 4.69) is 15.1 Å². The molecule has 2 rings (SSSR count). The van der Waals surface area contributed by atoms with E-state index in [1.54, 1.807) is 0 Å². The summed E-state index contributed by atoms with van der Waals surface area (Å²) in [5, 5.41) is 17.0. The molecular formula is C13H16N4O5S2. The molecule has 0 fully saturated rings. The molecule has 9 nitrogen and oxygen atoms in total. The highest BCUT2D eigenvalue weighted by molar-refractivity contribution is 7.89. The quantitative estimate of drug-likeness (QED) is 0.691. The Hall–Kier alpha value is -2.24. The highest BCUT2D eigenvalue weighted by Crippen LogP contribution is 2.21. The first-order chi connectivity index (χ1) is 11.1. The van der Waals surface area contributed by atoms with Crippen molar-refractivity contribution in [1.82, 2.24) is 14.5 Å². The normalized spacial score (nSPS) is 12.1. The SMILES string of the molecule is CNS(=O)(=O)c1csc(C(=O)Nc2cnn(C(C)(C)C(=O)O)c2)c1. The third-order valence-electron chi connectivity index (χ3n) is 3.31. The first-order valence-electron chi connectivity index (χ1n) is 6.70. The number of carbonyl (C=O) groups is 2. The summed E-state index contributed by atoms with van der Waals surface area (Å²) >= 11 is 0.984. The van der Waals surface area contributed by atoms with Crippen molar-refractivity contribution >= 4 is 38.9 Å². The number of amides is 1. The number of carboxylic acids is 1. The van der Waals surface area contributed by atoms with Gasteiger partial charge in [-0.15, -0.1) is 11.3 Å². The minimum absolute atomic E-state index is 0.00264. The number of aromatic nitrogens is 2. The molecule has 2 aromatic rings. The lowest BCUT2D eigenvalue weighted by Crippen LogP contribution is -2.35. The van der Waals surface area contributed by atoms with Gasteiger partial charge in [0.15, 0.2) is 5.54 Å². The number of nitrogens with one attached hydrogen (secondary N) is 2. The van der Waals surface area contributed by atoms with E-state index >= 15 is 0 Å². The Morgan fingerprint density at radius 1 is 1.38 bits per heavy atom. The van der Waals surface area contributed by atoms with Crippen molar-refractivity contribution in [2.24, 2.45) is 0 Å². The van der Waals surface area contributed by atoms with Gasteiger partial charge in [-0.2, -0.15) is 5.10 Å². The van der Waals surface area contributed by atoms with Crippen LogP contribution in [0.3, 0.4) is 0 Å². The molecule has 2 aromatic heterocycles. The predicted molar refractivity (Wildman–Crippen MR) is 87.7 cm³/mol. The Morgan fingerprint density at radius 2 is 2.04 bits per heavy atom. The number of carbonyl (C=O) groups excluding carboxylic acids is 1. The summed E-state index contributed by atoms with van der Waals surface area (Å²) in [6, 6.07) is 1.26. The lowest BCUT2D eigenvalue weighted by molar-refractivity contribution is -0.146. The molecule has 130 valence electrons. The maximum atomic E-state index is 12.2. The molecule has 0 saturated heterocycles. The molecular weight excluding hydrogens is 356 g/mol. The Bertz CT molecular complexity index is 882. The minimum atomic E-state index is -3.61. The highest BCUT2D eigenvalue weighted by Gasteiger charge is 2.30. The minimum Gasteiger partial charge on any atom is -0.479 e. The van der Waals surface area contributed by atoms with Crippen LogP contribution in [0.15, 0.2) is 28.7 Å². The molecule has 0 aromatic carbocycles. The number of sulfonamides is 1. The lowest BCUT2D eigenvalue weighted by Gasteiger charge is -2.19. The van der Waals surface area contributed by atoms with Gasteiger partial charge in [0.25, 0.3) is 5.91 Å². The Balaban J connectivity index is 2.17. The number of carboxylic acid groups (broad SMARTS) is 1. The summed E-state index contributed by atoms with van der Waals surface area (Å²) < 4.78 is 26.7. The van der Waals surface area contributed by atoms with E-state index < -0.39 is 27.4 Å². The molecule has 0 spiro atoms. The van der Waals surface area contributed by atoms with Crippen LogP contribution in [0, 0.1) is 0 Å². The maximum Gasteiger partial charge on any atom is 0.331 e. The van der Waals surface area contributed by atoms with Crippen molar-refractivity contribution < 1.29 is 23.1 Å². The number of anilines is 1. The van der Waals surface area contributed by atoms with Crippen LogP contribution in [0.2, 0.25) is 0 Å². The fourth-order valence-corrected chi connectivity index (χ4v) is 3.58. The average molecular weight is 372 g/mol. The van der Waals surface area contributed by atoms with Crippen LogP contribution in [0.1, 0.15) is 23.5 Å². The van der Waals surface area contributed by atoms with E-state index in [0.717, 1.165) is 11.3 Å². The number of rotatable bonds is 6. The Morgan fingerprint density at radius 3 is 2.62 bits per heavy atom. The Kier molecular flexibility index (Phi) is 4.78. The van der Waals surface area contributed by atoms with E-state index in [4.69, 9.17) is 5.11 Å². The van der Waals surface area contributed by atoms with Crippen LogP contribution < -0.4 is 10.0 Å². The summed E-state index contributed by atoms with van der Waals surface area (Å²) in [5.74, 6) is -1.58. The average Bonchev–Trinajstić information content (AvgIpc) is 3.16. The second-order valence-electron chi connectivity index (χ2n) is 5.35. The van der Waals surface area contributed by atoms with E-state index in [-0.39, 0.29) is 9.77 Å². The summed E-state index contributed by atoms with van der Waals surface area (Å²) in [6.07, 6.45) is 2.71. The zero-order valence-corrected chi connectivity index (χ0v) is 14.7. The number of nitrogens with zero attached hydrogens (tertiary/aromatic N) is 2. The topological polar surface area (TPSA) is 130 Å². The highest BCUT2D eigenvalue weighted by atomic mass is 32.2. The van der Waals surface area contributed by atoms with Crippen LogP contribution in [-0.4, -0.2) is 42.2 Å². The van der Waals surface area contributed by atoms with E-state index in [0.29, 0.717) is 5.69 Å². The van der Waals surface area contributed by atoms with Gasteiger partial charge < -0.3 is 10.4 Å². The van der Waals surface area contributed by atoms with Gasteiger partial charge >= 0.3 is 5.97 Å². The van der Waals surface area contributed by atoms with Crippen LogP contribution in [0.4, 0.5) is 5.69 Å². The van der Waals surface area contributed by atoms with Gasteiger partial charge in [0.2, 0.25) is 10.0 Å². The van der Waals surface area contributed by atoms with Crippen molar-refractivity contribution in [2.45, 2.75) is 24.3 Å². The zero-order chi connectivity index (χ0) is 18.1. The number of thiophene rings is 1. The second-order valence-corrected chi connectivity index (χ2v) is 8.14. The fraction of sp³-hybridized carbons (Fsp3) is 0.308. The van der Waals surface area contributed by atoms with Gasteiger partial charge in [-0.3, -0.25) is 9.48 Å². The van der Waals surface area contributed by atoms with Crippen molar-refractivity contribution in [2.75, 3.05) is 12.4 Å². The van der Waals surface area contributed by atoms with E-state index in [1.165, 1.54) is 49.4 Å². The molecule has 0 saturated carbocycles. The number of hydrogen-bond donors (Lipinski definition) is 3. The molecule has 0 aliphatic carbocycles. The number of hydrogen-bond acceptors (Lipinski definition) is 6. The van der Waals surface area contributed by atoms with Crippen molar-refractivity contribution in [3.63, 3.8) is 0 Å². The Labute approximate surface area is 142 Å². The van der Waals surface area contributed by atoms with Gasteiger partial charge in [-0.1, -0.05) is 0 Å². The standard InChI is InChI=1S/C13H16N4O5S2/c1-13(2,12(19)20)17-6-8(5-15-17)16-11(18)10-4-9(7-23-10)24(21,22)14-3/h4-7,14H,1-3H3,(H,16,18)(H,19,20). The van der Waals surface area contributed by atoms with Crippen LogP contribution in [0.5, 0.6) is 0 Å². The van der Waals surface area contributed by atoms with Gasteiger partial charge in [0.05, 0.1) is 21.7 Å². The second kappa shape index (κ2) is 6.34. The molecule has 1 amide bonds. The lowest BCUT2D eigenvalue weighted by atomic mass is 10.1. The molecule has 0 bridgehead atoms. The molecule has 0 radical (unpaired) electrons. The van der Waals surface area contributed by atoms with Gasteiger partial charge in [0, 0.05) is 11.6 Å². The monoisotopic (exact) mass is 372 g/mol. The van der Waals surface area contributed by atoms with Crippen LogP contribution in [-0.2, 0) is 20.4 Å². The van der Waals surface area contributed by atoms with E-state index in [9.17, 15) is 18.0 Å². The van der Waals surface area contributed by atoms with Crippen molar-refractivity contribution in [3.8, 4) is 0 Å². The summed E-state index contributed by atoms with van der Waals surface area (Å²) in [4.78, 5) is 23.6. The van der Waals surface area contributed by atoms with Crippen LogP contribution >= 0.6 is 11.3 Å². The first-order valence-corrected chi connectivity index (χ1v) is 9.06. The van der Waals surface area contributed by atoms with Gasteiger partial charge in [0.1, 0.15) is 0 Å². The molecule has 24 heavy (non-hydrogen) atoms. The van der Waals surface area contributed by atoms with Crippen molar-refractivity contribution in [1.29, 1.82) is 0 Å². The molecule has 0 unspecified atom stereocenters. The maximum absolute atomic E-state index is 12.2. The molecule has 3 N–H and O–H groups in total. The van der Waals surface area contributed by atoms with Crippen LogP contribution in [0.25, 0.3) is 0 Å². The van der Waals surface area contributed by atoms with Gasteiger partial charge in [-0.25, -0.2) is 17.9 Å². The summed E-state index contributed by atoms with van der Waals surface area (Å²) in [6.45, 7) is 2.95. The number of aliphatic carboxylic acids is 1. The first kappa shape index (κ1) is 18.1. The molecule has 0 atom stereocenters. The zero-order valence-electron chi connectivity index (χ0n) is 13.1. The fourth-order valence-electron chi connectivity index (χ4n) is 1.68. The summed E-state index contributed by atoms with van der Waals surface area (Å²) in [5.41, 5.74) is -0.958. The molecule has 2 heterocycles. The largest absolute Gasteiger partial charge is 0.479 e.